The molecule has 8 heteroatoms. The molecule has 0 N–H and O–H groups in total. The normalized spacial score (nSPS) is 24.2. The van der Waals surface area contributed by atoms with Crippen LogP contribution < -0.4 is 4.90 Å². The lowest BCUT2D eigenvalue weighted by Gasteiger charge is -2.34. The molecule has 140 valence electrons. The molecule has 2 saturated heterocycles. The van der Waals surface area contributed by atoms with E-state index in [1.165, 1.54) is 6.07 Å². The molecular formula is C18H20F2N2O4. The molecular weight excluding hydrogens is 346 g/mol. The summed E-state index contributed by atoms with van der Waals surface area (Å²) in [6.45, 7) is 2.96. The topological polar surface area (TPSA) is 66.9 Å². The van der Waals surface area contributed by atoms with E-state index in [9.17, 15) is 23.2 Å². The lowest BCUT2D eigenvalue weighted by molar-refractivity contribution is -0.150. The maximum atomic E-state index is 13.5. The van der Waals surface area contributed by atoms with Crippen molar-refractivity contribution in [3.8, 4) is 0 Å². The summed E-state index contributed by atoms with van der Waals surface area (Å²) in [6.07, 6.45) is 1.34. The number of amides is 2. The first kappa shape index (κ1) is 18.4. The Balaban J connectivity index is 1.75. The zero-order chi connectivity index (χ0) is 18.8. The SMILES string of the molecule is CCOC(=O)[C@H]1CCCN([C@@H]2CC(=O)N(c3ccc(F)c(F)c3)C2=O)C1. The van der Waals surface area contributed by atoms with E-state index in [0.29, 0.717) is 32.5 Å². The second kappa shape index (κ2) is 7.49. The van der Waals surface area contributed by atoms with Gasteiger partial charge in [0.15, 0.2) is 11.6 Å². The van der Waals surface area contributed by atoms with Crippen LogP contribution in [-0.4, -0.2) is 48.4 Å². The standard InChI is InChI=1S/C18H20F2N2O4/c1-2-26-18(25)11-4-3-7-21(10-11)15-9-16(23)22(17(15)24)12-5-6-13(19)14(20)8-12/h5-6,8,11,15H,2-4,7,9-10H2,1H3/t11-,15+/m0/s1. The second-order valence-electron chi connectivity index (χ2n) is 6.47. The summed E-state index contributed by atoms with van der Waals surface area (Å²) in [5, 5.41) is 0. The van der Waals surface area contributed by atoms with Crippen molar-refractivity contribution in [1.29, 1.82) is 0 Å². The van der Waals surface area contributed by atoms with Gasteiger partial charge in [-0.2, -0.15) is 0 Å². The molecule has 2 aliphatic heterocycles. The number of ether oxygens (including phenoxy) is 1. The maximum Gasteiger partial charge on any atom is 0.310 e. The molecule has 0 bridgehead atoms. The van der Waals surface area contributed by atoms with E-state index < -0.39 is 29.5 Å². The van der Waals surface area contributed by atoms with Gasteiger partial charge in [0.25, 0.3) is 5.91 Å². The summed E-state index contributed by atoms with van der Waals surface area (Å²) < 4.78 is 31.6. The number of hydrogen-bond acceptors (Lipinski definition) is 5. The molecule has 26 heavy (non-hydrogen) atoms. The Morgan fingerprint density at radius 1 is 1.27 bits per heavy atom. The lowest BCUT2D eigenvalue weighted by Crippen LogP contribution is -2.48. The van der Waals surface area contributed by atoms with Crippen LogP contribution in [0.15, 0.2) is 18.2 Å². The van der Waals surface area contributed by atoms with Gasteiger partial charge in [0.2, 0.25) is 5.91 Å². The van der Waals surface area contributed by atoms with Gasteiger partial charge in [-0.1, -0.05) is 0 Å². The van der Waals surface area contributed by atoms with Crippen molar-refractivity contribution in [1.82, 2.24) is 4.90 Å². The summed E-state index contributed by atoms with van der Waals surface area (Å²) in [5.41, 5.74) is 0.0142. The highest BCUT2D eigenvalue weighted by molar-refractivity contribution is 6.22. The van der Waals surface area contributed by atoms with E-state index in [2.05, 4.69) is 0 Å². The van der Waals surface area contributed by atoms with Crippen LogP contribution in [0.2, 0.25) is 0 Å². The van der Waals surface area contributed by atoms with Crippen molar-refractivity contribution in [2.45, 2.75) is 32.2 Å². The minimum absolute atomic E-state index is 0.0142. The molecule has 0 aromatic heterocycles. The Hall–Kier alpha value is -2.35. The number of esters is 1. The number of likely N-dealkylation sites (tertiary alicyclic amines) is 1. The second-order valence-corrected chi connectivity index (χ2v) is 6.47. The number of halogens is 2. The number of imide groups is 1. The van der Waals surface area contributed by atoms with Gasteiger partial charge in [-0.05, 0) is 38.4 Å². The summed E-state index contributed by atoms with van der Waals surface area (Å²) in [4.78, 5) is 39.7. The molecule has 0 unspecified atom stereocenters. The van der Waals surface area contributed by atoms with Gasteiger partial charge in [0, 0.05) is 12.6 Å². The summed E-state index contributed by atoms with van der Waals surface area (Å²) >= 11 is 0. The first-order chi connectivity index (χ1) is 12.4. The van der Waals surface area contributed by atoms with E-state index in [4.69, 9.17) is 4.74 Å². The van der Waals surface area contributed by atoms with Crippen molar-refractivity contribution in [2.24, 2.45) is 5.92 Å². The number of carbonyl (C=O) groups is 3. The van der Waals surface area contributed by atoms with Gasteiger partial charge in [-0.3, -0.25) is 19.3 Å². The average molecular weight is 366 g/mol. The predicted octanol–water partition coefficient (Wildman–Crippen LogP) is 1.87. The average Bonchev–Trinajstić information content (AvgIpc) is 2.92. The van der Waals surface area contributed by atoms with Crippen LogP contribution in [-0.2, 0) is 19.1 Å². The van der Waals surface area contributed by atoms with Crippen molar-refractivity contribution in [2.75, 3.05) is 24.6 Å². The van der Waals surface area contributed by atoms with Crippen molar-refractivity contribution < 1.29 is 27.9 Å². The Labute approximate surface area is 149 Å². The van der Waals surface area contributed by atoms with Gasteiger partial charge < -0.3 is 4.74 Å². The van der Waals surface area contributed by atoms with Crippen LogP contribution >= 0.6 is 0 Å². The largest absolute Gasteiger partial charge is 0.466 e. The third kappa shape index (κ3) is 3.46. The van der Waals surface area contributed by atoms with Crippen LogP contribution in [0.25, 0.3) is 0 Å². The van der Waals surface area contributed by atoms with Gasteiger partial charge in [0.1, 0.15) is 0 Å². The molecule has 6 nitrogen and oxygen atoms in total. The molecule has 1 aromatic carbocycles. The van der Waals surface area contributed by atoms with Gasteiger partial charge in [-0.15, -0.1) is 0 Å². The highest BCUT2D eigenvalue weighted by Gasteiger charge is 2.44. The Morgan fingerprint density at radius 2 is 2.04 bits per heavy atom. The number of nitrogens with zero attached hydrogens (tertiary/aromatic N) is 2. The molecule has 2 aliphatic rings. The fourth-order valence-corrected chi connectivity index (χ4v) is 3.54. The van der Waals surface area contributed by atoms with Crippen LogP contribution in [0.5, 0.6) is 0 Å². The fourth-order valence-electron chi connectivity index (χ4n) is 3.54. The molecule has 2 heterocycles. The molecule has 0 aliphatic carbocycles. The molecule has 3 rings (SSSR count). The summed E-state index contributed by atoms with van der Waals surface area (Å²) in [7, 11) is 0. The van der Waals surface area contributed by atoms with Crippen LogP contribution in [0.3, 0.4) is 0 Å². The smallest absolute Gasteiger partial charge is 0.310 e. The Morgan fingerprint density at radius 3 is 2.73 bits per heavy atom. The zero-order valence-corrected chi connectivity index (χ0v) is 14.4. The number of piperidine rings is 1. The molecule has 0 spiro atoms. The van der Waals surface area contributed by atoms with Crippen LogP contribution in [0.4, 0.5) is 14.5 Å². The van der Waals surface area contributed by atoms with E-state index in [0.717, 1.165) is 17.0 Å². The molecule has 2 atom stereocenters. The van der Waals surface area contributed by atoms with E-state index >= 15 is 0 Å². The van der Waals surface area contributed by atoms with Gasteiger partial charge >= 0.3 is 5.97 Å². The Bertz CT molecular complexity index is 740. The predicted molar refractivity (Wildman–Crippen MR) is 88.2 cm³/mol. The van der Waals surface area contributed by atoms with E-state index in [1.54, 1.807) is 6.92 Å². The van der Waals surface area contributed by atoms with E-state index in [1.807, 2.05) is 4.90 Å². The quantitative estimate of drug-likeness (QED) is 0.601. The fraction of sp³-hybridized carbons (Fsp3) is 0.500. The molecule has 2 amide bonds. The summed E-state index contributed by atoms with van der Waals surface area (Å²) in [6, 6.07) is 2.23. The van der Waals surface area contributed by atoms with E-state index in [-0.39, 0.29) is 24.0 Å². The minimum atomic E-state index is -1.12. The Kier molecular flexibility index (Phi) is 5.31. The van der Waals surface area contributed by atoms with Crippen LogP contribution in [0, 0.1) is 17.6 Å². The third-order valence-corrected chi connectivity index (χ3v) is 4.80. The number of rotatable bonds is 4. The molecule has 2 fully saturated rings. The maximum absolute atomic E-state index is 13.5. The minimum Gasteiger partial charge on any atom is -0.466 e. The monoisotopic (exact) mass is 366 g/mol. The molecule has 1 aromatic rings. The van der Waals surface area contributed by atoms with Gasteiger partial charge in [0.05, 0.1) is 30.7 Å². The first-order valence-electron chi connectivity index (χ1n) is 8.65. The number of carbonyl (C=O) groups excluding carboxylic acids is 3. The lowest BCUT2D eigenvalue weighted by atomic mass is 9.96. The number of benzene rings is 1. The van der Waals surface area contributed by atoms with Crippen molar-refractivity contribution in [3.63, 3.8) is 0 Å². The number of anilines is 1. The highest BCUT2D eigenvalue weighted by Crippen LogP contribution is 2.29. The zero-order valence-electron chi connectivity index (χ0n) is 14.4. The molecule has 0 saturated carbocycles. The van der Waals surface area contributed by atoms with Crippen LogP contribution in [0.1, 0.15) is 26.2 Å². The third-order valence-electron chi connectivity index (χ3n) is 4.80. The van der Waals surface area contributed by atoms with Gasteiger partial charge in [-0.25, -0.2) is 13.7 Å². The van der Waals surface area contributed by atoms with Crippen molar-refractivity contribution in [3.05, 3.63) is 29.8 Å². The molecule has 0 radical (unpaired) electrons. The number of hydrogen-bond donors (Lipinski definition) is 0. The first-order valence-corrected chi connectivity index (χ1v) is 8.65. The summed E-state index contributed by atoms with van der Waals surface area (Å²) in [5.74, 6) is -3.74. The van der Waals surface area contributed by atoms with Crippen molar-refractivity contribution >= 4 is 23.5 Å². The highest BCUT2D eigenvalue weighted by atomic mass is 19.2.